The largest absolute Gasteiger partial charge is 0.370 e. The third-order valence-corrected chi connectivity index (χ3v) is 3.39. The van der Waals surface area contributed by atoms with E-state index in [4.69, 9.17) is 0 Å². The highest BCUT2D eigenvalue weighted by molar-refractivity contribution is 9.09. The lowest BCUT2D eigenvalue weighted by Crippen LogP contribution is -2.26. The van der Waals surface area contributed by atoms with Crippen molar-refractivity contribution in [2.24, 2.45) is 0 Å². The molecule has 0 aliphatic carbocycles. The fraction of sp³-hybridized carbons (Fsp3) is 0.636. The molecule has 5 heteroatoms. The maximum atomic E-state index is 11.8. The molecule has 0 spiro atoms. The number of hydrogen-bond acceptors (Lipinski definition) is 3. The van der Waals surface area contributed by atoms with E-state index in [0.29, 0.717) is 6.54 Å². The van der Waals surface area contributed by atoms with Gasteiger partial charge in [0.05, 0.1) is 11.9 Å². The standard InChI is InChI=1S/C11H16BrN3O/c12-4-3-7-15-11(16)8-10(9-13-15)14-5-1-2-6-14/h8-9H,1-7H2. The van der Waals surface area contributed by atoms with E-state index >= 15 is 0 Å². The summed E-state index contributed by atoms with van der Waals surface area (Å²) in [5, 5.41) is 5.10. The lowest BCUT2D eigenvalue weighted by Gasteiger charge is -2.16. The van der Waals surface area contributed by atoms with Crippen LogP contribution in [0.2, 0.25) is 0 Å². The van der Waals surface area contributed by atoms with Crippen molar-refractivity contribution in [2.75, 3.05) is 23.3 Å². The van der Waals surface area contributed by atoms with Crippen LogP contribution in [0.25, 0.3) is 0 Å². The van der Waals surface area contributed by atoms with Crippen molar-refractivity contribution in [3.8, 4) is 0 Å². The molecule has 1 saturated heterocycles. The second kappa shape index (κ2) is 5.48. The number of halogens is 1. The van der Waals surface area contributed by atoms with Gasteiger partial charge in [0.2, 0.25) is 0 Å². The molecule has 4 nitrogen and oxygen atoms in total. The number of hydrogen-bond donors (Lipinski definition) is 0. The fourth-order valence-corrected chi connectivity index (χ4v) is 2.20. The molecule has 0 radical (unpaired) electrons. The van der Waals surface area contributed by atoms with Crippen molar-refractivity contribution in [3.05, 3.63) is 22.6 Å². The van der Waals surface area contributed by atoms with Gasteiger partial charge in [-0.2, -0.15) is 5.10 Å². The summed E-state index contributed by atoms with van der Waals surface area (Å²) in [6, 6.07) is 1.70. The van der Waals surface area contributed by atoms with Crippen molar-refractivity contribution in [1.82, 2.24) is 9.78 Å². The lowest BCUT2D eigenvalue weighted by molar-refractivity contribution is 0.571. The van der Waals surface area contributed by atoms with E-state index in [1.165, 1.54) is 17.5 Å². The van der Waals surface area contributed by atoms with E-state index in [2.05, 4.69) is 25.9 Å². The van der Waals surface area contributed by atoms with Gasteiger partial charge in [0.15, 0.2) is 0 Å². The summed E-state index contributed by atoms with van der Waals surface area (Å²) < 4.78 is 1.53. The Labute approximate surface area is 103 Å². The van der Waals surface area contributed by atoms with E-state index < -0.39 is 0 Å². The van der Waals surface area contributed by atoms with Gasteiger partial charge in [-0.05, 0) is 19.3 Å². The smallest absolute Gasteiger partial charge is 0.268 e. The van der Waals surface area contributed by atoms with Gasteiger partial charge in [-0.25, -0.2) is 4.68 Å². The monoisotopic (exact) mass is 285 g/mol. The average Bonchev–Trinajstić information content (AvgIpc) is 2.81. The highest BCUT2D eigenvalue weighted by atomic mass is 79.9. The summed E-state index contributed by atoms with van der Waals surface area (Å²) in [4.78, 5) is 14.0. The average molecular weight is 286 g/mol. The van der Waals surface area contributed by atoms with Crippen LogP contribution in [0.5, 0.6) is 0 Å². The van der Waals surface area contributed by atoms with Crippen molar-refractivity contribution in [2.45, 2.75) is 25.8 Å². The number of nitrogens with zero attached hydrogens (tertiary/aromatic N) is 3. The van der Waals surface area contributed by atoms with Crippen molar-refractivity contribution < 1.29 is 0 Å². The van der Waals surface area contributed by atoms with Crippen LogP contribution in [0.1, 0.15) is 19.3 Å². The van der Waals surface area contributed by atoms with E-state index in [9.17, 15) is 4.79 Å². The lowest BCUT2D eigenvalue weighted by atomic mass is 10.4. The zero-order valence-corrected chi connectivity index (χ0v) is 10.8. The summed E-state index contributed by atoms with van der Waals surface area (Å²) in [5.74, 6) is 0. The Hall–Kier alpha value is -0.840. The minimum atomic E-state index is 0.00495. The Morgan fingerprint density at radius 3 is 2.75 bits per heavy atom. The van der Waals surface area contributed by atoms with Gasteiger partial charge in [-0.15, -0.1) is 0 Å². The molecular formula is C11H16BrN3O. The summed E-state index contributed by atoms with van der Waals surface area (Å²) in [6.07, 6.45) is 5.16. The van der Waals surface area contributed by atoms with Gasteiger partial charge < -0.3 is 4.90 Å². The molecule has 1 aliphatic rings. The first-order valence-corrected chi connectivity index (χ1v) is 6.81. The highest BCUT2D eigenvalue weighted by Gasteiger charge is 2.13. The predicted octanol–water partition coefficient (Wildman–Crippen LogP) is 1.63. The second-order valence-corrected chi connectivity index (χ2v) is 4.80. The van der Waals surface area contributed by atoms with Crippen molar-refractivity contribution in [3.63, 3.8) is 0 Å². The summed E-state index contributed by atoms with van der Waals surface area (Å²) >= 11 is 3.35. The third-order valence-electron chi connectivity index (χ3n) is 2.83. The molecule has 0 amide bonds. The maximum absolute atomic E-state index is 11.8. The quantitative estimate of drug-likeness (QED) is 0.790. The van der Waals surface area contributed by atoms with E-state index in [-0.39, 0.29) is 5.56 Å². The molecular weight excluding hydrogens is 270 g/mol. The second-order valence-electron chi connectivity index (χ2n) is 4.01. The molecule has 0 aromatic carbocycles. The van der Waals surface area contributed by atoms with Crippen LogP contribution in [0.3, 0.4) is 0 Å². The van der Waals surface area contributed by atoms with E-state index in [1.54, 1.807) is 12.3 Å². The zero-order valence-electron chi connectivity index (χ0n) is 9.23. The van der Waals surface area contributed by atoms with Crippen LogP contribution >= 0.6 is 15.9 Å². The summed E-state index contributed by atoms with van der Waals surface area (Å²) in [7, 11) is 0. The molecule has 2 rings (SSSR count). The molecule has 2 heterocycles. The maximum Gasteiger partial charge on any atom is 0.268 e. The topological polar surface area (TPSA) is 38.1 Å². The van der Waals surface area contributed by atoms with Crippen LogP contribution in [0.4, 0.5) is 5.69 Å². The number of aryl methyl sites for hydroxylation is 1. The number of anilines is 1. The molecule has 0 saturated carbocycles. The van der Waals surface area contributed by atoms with E-state index in [0.717, 1.165) is 30.5 Å². The van der Waals surface area contributed by atoms with Gasteiger partial charge in [0, 0.05) is 31.0 Å². The van der Waals surface area contributed by atoms with Gasteiger partial charge >= 0.3 is 0 Å². The molecule has 16 heavy (non-hydrogen) atoms. The van der Waals surface area contributed by atoms with Gasteiger partial charge in [0.25, 0.3) is 5.56 Å². The summed E-state index contributed by atoms with van der Waals surface area (Å²) in [6.45, 7) is 2.78. The number of aromatic nitrogens is 2. The number of alkyl halides is 1. The zero-order chi connectivity index (χ0) is 11.4. The van der Waals surface area contributed by atoms with Crippen LogP contribution in [-0.2, 0) is 6.54 Å². The molecule has 1 aliphatic heterocycles. The van der Waals surface area contributed by atoms with Crippen molar-refractivity contribution >= 4 is 21.6 Å². The van der Waals surface area contributed by atoms with Crippen molar-refractivity contribution in [1.29, 1.82) is 0 Å². The molecule has 0 atom stereocenters. The molecule has 0 bridgehead atoms. The minimum absolute atomic E-state index is 0.00495. The Bertz CT molecular complexity index is 398. The predicted molar refractivity (Wildman–Crippen MR) is 68.4 cm³/mol. The fourth-order valence-electron chi connectivity index (χ4n) is 1.95. The normalized spacial score (nSPS) is 15.7. The number of rotatable bonds is 4. The Morgan fingerprint density at radius 2 is 2.12 bits per heavy atom. The highest BCUT2D eigenvalue weighted by Crippen LogP contribution is 2.16. The first kappa shape index (κ1) is 11.6. The molecule has 88 valence electrons. The van der Waals surface area contributed by atoms with Crippen LogP contribution in [0.15, 0.2) is 17.1 Å². The molecule has 0 unspecified atom stereocenters. The summed E-state index contributed by atoms with van der Waals surface area (Å²) in [5.41, 5.74) is 0.975. The van der Waals surface area contributed by atoms with Gasteiger partial charge in [0.1, 0.15) is 0 Å². The first-order chi connectivity index (χ1) is 7.81. The van der Waals surface area contributed by atoms with Gasteiger partial charge in [-0.3, -0.25) is 4.79 Å². The first-order valence-electron chi connectivity index (χ1n) is 5.69. The Kier molecular flexibility index (Phi) is 3.98. The Morgan fingerprint density at radius 1 is 1.38 bits per heavy atom. The van der Waals surface area contributed by atoms with Gasteiger partial charge in [-0.1, -0.05) is 15.9 Å². The Balaban J connectivity index is 2.12. The molecule has 0 N–H and O–H groups in total. The van der Waals surface area contributed by atoms with Crippen LogP contribution in [-0.4, -0.2) is 28.2 Å². The third kappa shape index (κ3) is 2.64. The van der Waals surface area contributed by atoms with Crippen LogP contribution in [0, 0.1) is 0 Å². The van der Waals surface area contributed by atoms with Crippen LogP contribution < -0.4 is 10.5 Å². The molecule has 1 aromatic rings. The van der Waals surface area contributed by atoms with E-state index in [1.807, 2.05) is 0 Å². The molecule has 1 aromatic heterocycles. The minimum Gasteiger partial charge on any atom is -0.370 e. The molecule has 1 fully saturated rings. The SMILES string of the molecule is O=c1cc(N2CCCC2)cnn1CCCBr.